The second-order valence-electron chi connectivity index (χ2n) is 4.07. The van der Waals surface area contributed by atoms with Gasteiger partial charge in [0.25, 0.3) is 11.7 Å². The van der Waals surface area contributed by atoms with E-state index in [1.807, 2.05) is 0 Å². The standard InChI is InChI=1S/C12H10N2O4/c1-5-3-6(2)8-7(4-5)13-12(17)11(16)9(14-18)10(8)15/h3-4,18H,1-2H3,(H,13,17)/b14-9-. The Morgan fingerprint density at radius 2 is 1.78 bits per heavy atom. The van der Waals surface area contributed by atoms with Crippen LogP contribution in [0.5, 0.6) is 0 Å². The van der Waals surface area contributed by atoms with Crippen molar-refractivity contribution < 1.29 is 19.6 Å². The van der Waals surface area contributed by atoms with Gasteiger partial charge >= 0.3 is 0 Å². The van der Waals surface area contributed by atoms with E-state index in [0.717, 1.165) is 5.56 Å². The van der Waals surface area contributed by atoms with Gasteiger partial charge in [-0.3, -0.25) is 14.4 Å². The van der Waals surface area contributed by atoms with Crippen LogP contribution in [0.1, 0.15) is 21.5 Å². The monoisotopic (exact) mass is 246 g/mol. The highest BCUT2D eigenvalue weighted by Crippen LogP contribution is 2.25. The summed E-state index contributed by atoms with van der Waals surface area (Å²) in [5, 5.41) is 13.7. The quantitative estimate of drug-likeness (QED) is 0.402. The number of aryl methyl sites for hydroxylation is 2. The van der Waals surface area contributed by atoms with Crippen LogP contribution >= 0.6 is 0 Å². The molecule has 1 aliphatic rings. The van der Waals surface area contributed by atoms with E-state index >= 15 is 0 Å². The van der Waals surface area contributed by atoms with Crippen LogP contribution < -0.4 is 5.32 Å². The number of fused-ring (bicyclic) bond motifs is 1. The Hall–Kier alpha value is -2.50. The van der Waals surface area contributed by atoms with E-state index in [1.54, 1.807) is 26.0 Å². The van der Waals surface area contributed by atoms with Crippen LogP contribution in [0.25, 0.3) is 0 Å². The highest BCUT2D eigenvalue weighted by Gasteiger charge is 2.35. The van der Waals surface area contributed by atoms with Gasteiger partial charge in [-0.2, -0.15) is 0 Å². The van der Waals surface area contributed by atoms with Gasteiger partial charge in [0.1, 0.15) is 0 Å². The normalized spacial score (nSPS) is 17.4. The van der Waals surface area contributed by atoms with Crippen LogP contribution in [-0.2, 0) is 9.59 Å². The molecule has 1 aliphatic heterocycles. The molecular formula is C12H10N2O4. The van der Waals surface area contributed by atoms with Gasteiger partial charge in [0.15, 0.2) is 0 Å². The van der Waals surface area contributed by atoms with Crippen LogP contribution in [0.4, 0.5) is 5.69 Å². The minimum atomic E-state index is -1.14. The predicted octanol–water partition coefficient (Wildman–Crippen LogP) is 0.838. The summed E-state index contributed by atoms with van der Waals surface area (Å²) in [4.78, 5) is 35.1. The first kappa shape index (κ1) is 12.0. The van der Waals surface area contributed by atoms with E-state index in [1.165, 1.54) is 0 Å². The van der Waals surface area contributed by atoms with Gasteiger partial charge in [0, 0.05) is 0 Å². The summed E-state index contributed by atoms with van der Waals surface area (Å²) in [5.74, 6) is -2.89. The van der Waals surface area contributed by atoms with Crippen LogP contribution in [0.3, 0.4) is 0 Å². The molecule has 0 bridgehead atoms. The average Bonchev–Trinajstić information content (AvgIpc) is 2.35. The molecule has 1 heterocycles. The molecule has 0 saturated carbocycles. The average molecular weight is 246 g/mol. The molecule has 6 nitrogen and oxygen atoms in total. The van der Waals surface area contributed by atoms with Crippen molar-refractivity contribution in [2.24, 2.45) is 5.16 Å². The van der Waals surface area contributed by atoms with Crippen molar-refractivity contribution in [2.75, 3.05) is 5.32 Å². The molecule has 0 saturated heterocycles. The van der Waals surface area contributed by atoms with E-state index in [9.17, 15) is 14.4 Å². The number of rotatable bonds is 0. The van der Waals surface area contributed by atoms with Crippen LogP contribution in [-0.4, -0.2) is 28.4 Å². The van der Waals surface area contributed by atoms with Gasteiger partial charge in [0.2, 0.25) is 11.5 Å². The Bertz CT molecular complexity index is 617. The summed E-state index contributed by atoms with van der Waals surface area (Å²) in [6.07, 6.45) is 0. The fourth-order valence-electron chi connectivity index (χ4n) is 1.97. The van der Waals surface area contributed by atoms with Crippen molar-refractivity contribution in [3.63, 3.8) is 0 Å². The fourth-order valence-corrected chi connectivity index (χ4v) is 1.97. The molecule has 0 aromatic heterocycles. The lowest BCUT2D eigenvalue weighted by Crippen LogP contribution is -2.31. The van der Waals surface area contributed by atoms with E-state index in [2.05, 4.69) is 10.5 Å². The number of ketones is 2. The molecule has 0 unspecified atom stereocenters. The fraction of sp³-hybridized carbons (Fsp3) is 0.167. The number of anilines is 1. The lowest BCUT2D eigenvalue weighted by atomic mass is 9.97. The third-order valence-corrected chi connectivity index (χ3v) is 2.69. The van der Waals surface area contributed by atoms with E-state index in [0.29, 0.717) is 5.56 Å². The van der Waals surface area contributed by atoms with Gasteiger partial charge in [-0.15, -0.1) is 0 Å². The lowest BCUT2D eigenvalue weighted by Gasteiger charge is -2.09. The molecule has 1 aromatic rings. The first-order valence-corrected chi connectivity index (χ1v) is 5.19. The number of hydrogen-bond acceptors (Lipinski definition) is 5. The van der Waals surface area contributed by atoms with Crippen molar-refractivity contribution >= 4 is 28.9 Å². The topological polar surface area (TPSA) is 95.8 Å². The summed E-state index contributed by atoms with van der Waals surface area (Å²) in [7, 11) is 0. The number of nitrogens with one attached hydrogen (secondary N) is 1. The minimum Gasteiger partial charge on any atom is -0.410 e. The molecule has 0 radical (unpaired) electrons. The number of benzene rings is 1. The highest BCUT2D eigenvalue weighted by molar-refractivity contribution is 6.83. The number of nitrogens with zero attached hydrogens (tertiary/aromatic N) is 1. The molecule has 1 aromatic carbocycles. The molecule has 6 heteroatoms. The Kier molecular flexibility index (Phi) is 2.70. The molecular weight excluding hydrogens is 236 g/mol. The number of carbonyl (C=O) groups is 3. The van der Waals surface area contributed by atoms with Crippen molar-refractivity contribution in [2.45, 2.75) is 13.8 Å². The van der Waals surface area contributed by atoms with Gasteiger partial charge < -0.3 is 10.5 Å². The largest absolute Gasteiger partial charge is 0.410 e. The molecule has 2 rings (SSSR count). The SMILES string of the molecule is Cc1cc(C)c2c(c1)NC(=O)C(=O)/C(=N\O)C2=O. The summed E-state index contributed by atoms with van der Waals surface area (Å²) >= 11 is 0. The van der Waals surface area contributed by atoms with Crippen LogP contribution in [0.2, 0.25) is 0 Å². The van der Waals surface area contributed by atoms with E-state index < -0.39 is 23.2 Å². The van der Waals surface area contributed by atoms with Gasteiger partial charge in [0.05, 0.1) is 11.3 Å². The second-order valence-corrected chi connectivity index (χ2v) is 4.07. The predicted molar refractivity (Wildman–Crippen MR) is 63.1 cm³/mol. The highest BCUT2D eigenvalue weighted by atomic mass is 16.4. The summed E-state index contributed by atoms with van der Waals surface area (Å²) < 4.78 is 0. The molecule has 1 amide bonds. The van der Waals surface area contributed by atoms with Gasteiger partial charge in [-0.1, -0.05) is 11.2 Å². The van der Waals surface area contributed by atoms with E-state index in [-0.39, 0.29) is 11.3 Å². The van der Waals surface area contributed by atoms with Crippen LogP contribution in [0.15, 0.2) is 17.3 Å². The Balaban J connectivity index is 2.75. The zero-order valence-corrected chi connectivity index (χ0v) is 9.77. The maximum atomic E-state index is 12.1. The zero-order valence-electron chi connectivity index (χ0n) is 9.77. The maximum absolute atomic E-state index is 12.1. The Morgan fingerprint density at radius 3 is 2.39 bits per heavy atom. The number of amides is 1. The lowest BCUT2D eigenvalue weighted by molar-refractivity contribution is -0.130. The third kappa shape index (κ3) is 1.67. The number of hydrogen-bond donors (Lipinski definition) is 2. The zero-order chi connectivity index (χ0) is 13.4. The molecule has 0 spiro atoms. The number of oxime groups is 1. The molecule has 18 heavy (non-hydrogen) atoms. The first-order valence-electron chi connectivity index (χ1n) is 5.19. The summed E-state index contributed by atoms with van der Waals surface area (Å²) in [6.45, 7) is 3.48. The molecule has 92 valence electrons. The molecule has 0 atom stereocenters. The molecule has 0 fully saturated rings. The Morgan fingerprint density at radius 1 is 1.11 bits per heavy atom. The smallest absolute Gasteiger partial charge is 0.298 e. The first-order chi connectivity index (χ1) is 8.45. The van der Waals surface area contributed by atoms with Crippen molar-refractivity contribution in [3.8, 4) is 0 Å². The summed E-state index contributed by atoms with van der Waals surface area (Å²) in [5.41, 5.74) is 1.11. The van der Waals surface area contributed by atoms with Crippen molar-refractivity contribution in [1.29, 1.82) is 0 Å². The molecule has 2 N–H and O–H groups in total. The minimum absolute atomic E-state index is 0.174. The maximum Gasteiger partial charge on any atom is 0.298 e. The number of carbonyl (C=O) groups excluding carboxylic acids is 3. The van der Waals surface area contributed by atoms with Gasteiger partial charge in [-0.05, 0) is 31.0 Å². The third-order valence-electron chi connectivity index (χ3n) is 2.69. The van der Waals surface area contributed by atoms with Gasteiger partial charge in [-0.25, -0.2) is 0 Å². The molecule has 0 aliphatic carbocycles. The van der Waals surface area contributed by atoms with Crippen molar-refractivity contribution in [3.05, 3.63) is 28.8 Å². The summed E-state index contributed by atoms with van der Waals surface area (Å²) in [6, 6.07) is 3.33. The van der Waals surface area contributed by atoms with Crippen LogP contribution in [0, 0.1) is 13.8 Å². The second kappa shape index (κ2) is 4.06. The number of Topliss-reactive ketones (excluding diaryl/α,β-unsaturated/α-hetero) is 2. The Labute approximate surface area is 102 Å². The van der Waals surface area contributed by atoms with Crippen molar-refractivity contribution in [1.82, 2.24) is 0 Å². The van der Waals surface area contributed by atoms with E-state index in [4.69, 9.17) is 5.21 Å².